The van der Waals surface area contributed by atoms with Crippen LogP contribution in [0.15, 0.2) is 18.3 Å². The van der Waals surface area contributed by atoms with Crippen molar-refractivity contribution in [1.82, 2.24) is 4.98 Å². The number of aromatic nitrogens is 1. The van der Waals surface area contributed by atoms with E-state index in [1.165, 1.54) is 0 Å². The van der Waals surface area contributed by atoms with Crippen LogP contribution in [0.4, 0.5) is 0 Å². The Morgan fingerprint density at radius 3 is 2.79 bits per heavy atom. The van der Waals surface area contributed by atoms with Gasteiger partial charge in [-0.25, -0.2) is 0 Å². The standard InChI is InChI=1S/C11H18N2O/c1-8(2)14-7-10(12)11-9(3)5-4-6-13-11/h4-6,8,10H,7,12H2,1-3H3. The van der Waals surface area contributed by atoms with Crippen LogP contribution < -0.4 is 5.73 Å². The van der Waals surface area contributed by atoms with Gasteiger partial charge in [-0.3, -0.25) is 4.98 Å². The van der Waals surface area contributed by atoms with E-state index in [1.54, 1.807) is 6.20 Å². The van der Waals surface area contributed by atoms with Crippen molar-refractivity contribution in [3.05, 3.63) is 29.6 Å². The molecule has 14 heavy (non-hydrogen) atoms. The fourth-order valence-corrected chi connectivity index (χ4v) is 1.26. The van der Waals surface area contributed by atoms with Crippen LogP contribution in [0.2, 0.25) is 0 Å². The van der Waals surface area contributed by atoms with Crippen LogP contribution in [0, 0.1) is 6.92 Å². The van der Waals surface area contributed by atoms with Crippen molar-refractivity contribution < 1.29 is 4.74 Å². The van der Waals surface area contributed by atoms with E-state index in [1.807, 2.05) is 32.9 Å². The lowest BCUT2D eigenvalue weighted by Crippen LogP contribution is -2.21. The highest BCUT2D eigenvalue weighted by molar-refractivity contribution is 5.20. The molecule has 0 aliphatic carbocycles. The molecule has 1 aromatic rings. The Morgan fingerprint density at radius 2 is 2.21 bits per heavy atom. The van der Waals surface area contributed by atoms with Crippen LogP contribution in [0.1, 0.15) is 31.1 Å². The van der Waals surface area contributed by atoms with Crippen LogP contribution >= 0.6 is 0 Å². The molecule has 1 aromatic heterocycles. The molecule has 0 fully saturated rings. The summed E-state index contributed by atoms with van der Waals surface area (Å²) in [7, 11) is 0. The van der Waals surface area contributed by atoms with Gasteiger partial charge in [-0.05, 0) is 32.4 Å². The maximum Gasteiger partial charge on any atom is 0.0710 e. The summed E-state index contributed by atoms with van der Waals surface area (Å²) in [6, 6.07) is 3.80. The summed E-state index contributed by atoms with van der Waals surface area (Å²) in [5, 5.41) is 0. The van der Waals surface area contributed by atoms with Gasteiger partial charge in [0.15, 0.2) is 0 Å². The monoisotopic (exact) mass is 194 g/mol. The zero-order chi connectivity index (χ0) is 10.6. The molecule has 78 valence electrons. The van der Waals surface area contributed by atoms with Crippen molar-refractivity contribution in [1.29, 1.82) is 0 Å². The highest BCUT2D eigenvalue weighted by Crippen LogP contribution is 2.12. The van der Waals surface area contributed by atoms with Crippen molar-refractivity contribution >= 4 is 0 Å². The van der Waals surface area contributed by atoms with Gasteiger partial charge in [0.1, 0.15) is 0 Å². The first-order valence-electron chi connectivity index (χ1n) is 4.90. The average molecular weight is 194 g/mol. The SMILES string of the molecule is Cc1cccnc1C(N)COC(C)C. The minimum absolute atomic E-state index is 0.126. The largest absolute Gasteiger partial charge is 0.377 e. The second kappa shape index (κ2) is 5.08. The second-order valence-corrected chi connectivity index (χ2v) is 3.69. The van der Waals surface area contributed by atoms with E-state index in [-0.39, 0.29) is 12.1 Å². The lowest BCUT2D eigenvalue weighted by atomic mass is 10.1. The molecular formula is C11H18N2O. The number of pyridine rings is 1. The summed E-state index contributed by atoms with van der Waals surface area (Å²) in [4.78, 5) is 4.25. The number of nitrogens with zero attached hydrogens (tertiary/aromatic N) is 1. The van der Waals surface area contributed by atoms with Gasteiger partial charge in [0.2, 0.25) is 0 Å². The quantitative estimate of drug-likeness (QED) is 0.795. The summed E-state index contributed by atoms with van der Waals surface area (Å²) in [6.45, 7) is 6.53. The summed E-state index contributed by atoms with van der Waals surface area (Å²) in [5.41, 5.74) is 8.00. The van der Waals surface area contributed by atoms with Gasteiger partial charge in [-0.1, -0.05) is 6.07 Å². The Hall–Kier alpha value is -0.930. The van der Waals surface area contributed by atoms with Gasteiger partial charge in [0, 0.05) is 6.20 Å². The molecule has 1 rings (SSSR count). The summed E-state index contributed by atoms with van der Waals surface area (Å²) >= 11 is 0. The Labute approximate surface area is 85.3 Å². The van der Waals surface area contributed by atoms with E-state index < -0.39 is 0 Å². The fourth-order valence-electron chi connectivity index (χ4n) is 1.26. The predicted octanol–water partition coefficient (Wildman–Crippen LogP) is 1.81. The molecule has 0 radical (unpaired) electrons. The molecular weight excluding hydrogens is 176 g/mol. The molecule has 0 aromatic carbocycles. The predicted molar refractivity (Wildman–Crippen MR) is 57.0 cm³/mol. The van der Waals surface area contributed by atoms with Crippen LogP contribution in [-0.4, -0.2) is 17.7 Å². The summed E-state index contributed by atoms with van der Waals surface area (Å²) < 4.78 is 5.45. The number of rotatable bonds is 4. The van der Waals surface area contributed by atoms with Gasteiger partial charge in [-0.2, -0.15) is 0 Å². The van der Waals surface area contributed by atoms with Crippen molar-refractivity contribution in [2.45, 2.75) is 32.9 Å². The first-order chi connectivity index (χ1) is 6.61. The maximum absolute atomic E-state index is 5.96. The van der Waals surface area contributed by atoms with E-state index in [0.717, 1.165) is 11.3 Å². The Morgan fingerprint density at radius 1 is 1.50 bits per heavy atom. The molecule has 0 bridgehead atoms. The normalized spacial score (nSPS) is 13.2. The number of hydrogen-bond donors (Lipinski definition) is 1. The topological polar surface area (TPSA) is 48.1 Å². The zero-order valence-electron chi connectivity index (χ0n) is 9.03. The smallest absolute Gasteiger partial charge is 0.0710 e. The van der Waals surface area contributed by atoms with E-state index in [2.05, 4.69) is 4.98 Å². The van der Waals surface area contributed by atoms with Crippen molar-refractivity contribution in [3.8, 4) is 0 Å². The Balaban J connectivity index is 2.60. The molecule has 3 nitrogen and oxygen atoms in total. The van der Waals surface area contributed by atoms with E-state index in [9.17, 15) is 0 Å². The Kier molecular flexibility index (Phi) is 4.04. The van der Waals surface area contributed by atoms with Crippen LogP contribution in [0.25, 0.3) is 0 Å². The molecule has 0 saturated carbocycles. The molecule has 1 heterocycles. The molecule has 2 N–H and O–H groups in total. The second-order valence-electron chi connectivity index (χ2n) is 3.69. The molecule has 0 saturated heterocycles. The van der Waals surface area contributed by atoms with E-state index >= 15 is 0 Å². The maximum atomic E-state index is 5.96. The zero-order valence-corrected chi connectivity index (χ0v) is 9.03. The lowest BCUT2D eigenvalue weighted by molar-refractivity contribution is 0.0675. The molecule has 3 heteroatoms. The number of aryl methyl sites for hydroxylation is 1. The molecule has 1 unspecified atom stereocenters. The third-order valence-corrected chi connectivity index (χ3v) is 2.01. The first-order valence-corrected chi connectivity index (χ1v) is 4.90. The van der Waals surface area contributed by atoms with Crippen LogP contribution in [0.5, 0.6) is 0 Å². The van der Waals surface area contributed by atoms with Crippen molar-refractivity contribution in [2.75, 3.05) is 6.61 Å². The van der Waals surface area contributed by atoms with Gasteiger partial charge in [0.05, 0.1) is 24.4 Å². The lowest BCUT2D eigenvalue weighted by Gasteiger charge is -2.15. The Bertz CT molecular complexity index is 286. The average Bonchev–Trinajstić information content (AvgIpc) is 2.15. The molecule has 0 amide bonds. The van der Waals surface area contributed by atoms with E-state index in [4.69, 9.17) is 10.5 Å². The van der Waals surface area contributed by atoms with Crippen LogP contribution in [-0.2, 0) is 4.74 Å². The fraction of sp³-hybridized carbons (Fsp3) is 0.545. The first kappa shape index (κ1) is 11.1. The minimum Gasteiger partial charge on any atom is -0.377 e. The van der Waals surface area contributed by atoms with Crippen molar-refractivity contribution in [3.63, 3.8) is 0 Å². The number of ether oxygens (including phenoxy) is 1. The molecule has 1 atom stereocenters. The summed E-state index contributed by atoms with van der Waals surface area (Å²) in [5.74, 6) is 0. The van der Waals surface area contributed by atoms with Gasteiger partial charge in [0.25, 0.3) is 0 Å². The van der Waals surface area contributed by atoms with Gasteiger partial charge >= 0.3 is 0 Å². The van der Waals surface area contributed by atoms with Gasteiger partial charge in [-0.15, -0.1) is 0 Å². The minimum atomic E-state index is -0.126. The van der Waals surface area contributed by atoms with Crippen molar-refractivity contribution in [2.24, 2.45) is 5.73 Å². The summed E-state index contributed by atoms with van der Waals surface area (Å²) in [6.07, 6.45) is 1.97. The number of hydrogen-bond acceptors (Lipinski definition) is 3. The van der Waals surface area contributed by atoms with E-state index in [0.29, 0.717) is 6.61 Å². The van der Waals surface area contributed by atoms with Crippen LogP contribution in [0.3, 0.4) is 0 Å². The molecule has 0 aliphatic heterocycles. The molecule has 0 aliphatic rings. The highest BCUT2D eigenvalue weighted by Gasteiger charge is 2.10. The highest BCUT2D eigenvalue weighted by atomic mass is 16.5. The third kappa shape index (κ3) is 3.09. The molecule has 0 spiro atoms. The third-order valence-electron chi connectivity index (χ3n) is 2.01. The van der Waals surface area contributed by atoms with Gasteiger partial charge < -0.3 is 10.5 Å². The number of nitrogens with two attached hydrogens (primary N) is 1.